The highest BCUT2D eigenvalue weighted by Crippen LogP contribution is 2.21. The Balaban J connectivity index is 1.68. The Hall–Kier alpha value is -2.49. The lowest BCUT2D eigenvalue weighted by atomic mass is 10.1. The first-order valence-corrected chi connectivity index (χ1v) is 12.7. The zero-order valence-corrected chi connectivity index (χ0v) is 20.5. The molecule has 1 saturated heterocycles. The molecule has 1 aliphatic rings. The Kier molecular flexibility index (Phi) is 8.10. The van der Waals surface area contributed by atoms with Crippen molar-refractivity contribution in [2.24, 2.45) is 0 Å². The Morgan fingerprint density at radius 2 is 1.91 bits per heavy atom. The first kappa shape index (κ1) is 25.1. The maximum absolute atomic E-state index is 12.8. The molecule has 0 radical (unpaired) electrons. The summed E-state index contributed by atoms with van der Waals surface area (Å²) in [6, 6.07) is 7.50. The summed E-state index contributed by atoms with van der Waals surface area (Å²) in [5, 5.41) is 0. The van der Waals surface area contributed by atoms with Gasteiger partial charge in [0, 0.05) is 43.2 Å². The molecule has 1 aliphatic heterocycles. The van der Waals surface area contributed by atoms with Gasteiger partial charge >= 0.3 is 5.97 Å². The number of ketones is 1. The SMILES string of the molecule is CCN(CC)S(=O)(=O)c1cccc(C(=O)OCC(=O)c2cc(C)n(CC3CCCO3)c2C)c1. The monoisotopic (exact) mass is 476 g/mol. The van der Waals surface area contributed by atoms with Crippen molar-refractivity contribution in [3.05, 3.63) is 52.8 Å². The molecule has 0 spiro atoms. The van der Waals surface area contributed by atoms with E-state index in [1.54, 1.807) is 19.9 Å². The maximum atomic E-state index is 12.8. The van der Waals surface area contributed by atoms with Crippen molar-refractivity contribution < 1.29 is 27.5 Å². The number of benzene rings is 1. The molecule has 0 amide bonds. The quantitative estimate of drug-likeness (QED) is 0.386. The molecule has 0 saturated carbocycles. The molecule has 2 aromatic rings. The van der Waals surface area contributed by atoms with Gasteiger partial charge in [0.15, 0.2) is 6.61 Å². The highest BCUT2D eigenvalue weighted by atomic mass is 32.2. The fourth-order valence-corrected chi connectivity index (χ4v) is 5.65. The van der Waals surface area contributed by atoms with Crippen LogP contribution in [0.3, 0.4) is 0 Å². The second kappa shape index (κ2) is 10.6. The largest absolute Gasteiger partial charge is 0.454 e. The molecule has 9 heteroatoms. The number of rotatable bonds is 10. The number of ether oxygens (including phenoxy) is 2. The lowest BCUT2D eigenvalue weighted by Gasteiger charge is -2.18. The van der Waals surface area contributed by atoms with Crippen LogP contribution in [-0.4, -0.2) is 61.4 Å². The minimum Gasteiger partial charge on any atom is -0.454 e. The van der Waals surface area contributed by atoms with Crippen LogP contribution in [0.25, 0.3) is 0 Å². The van der Waals surface area contributed by atoms with Gasteiger partial charge < -0.3 is 14.0 Å². The number of sulfonamides is 1. The van der Waals surface area contributed by atoms with Crippen LogP contribution in [0.2, 0.25) is 0 Å². The van der Waals surface area contributed by atoms with E-state index in [1.807, 2.05) is 13.8 Å². The molecule has 0 aliphatic carbocycles. The third-order valence-electron chi connectivity index (χ3n) is 6.03. The van der Waals surface area contributed by atoms with Gasteiger partial charge in [0.05, 0.1) is 16.6 Å². The topological polar surface area (TPSA) is 94.9 Å². The number of aryl methyl sites for hydroxylation is 1. The molecular formula is C24H32N2O6S. The van der Waals surface area contributed by atoms with Gasteiger partial charge in [-0.2, -0.15) is 4.31 Å². The highest BCUT2D eigenvalue weighted by molar-refractivity contribution is 7.89. The molecular weight excluding hydrogens is 444 g/mol. The van der Waals surface area contributed by atoms with Crippen LogP contribution in [0.15, 0.2) is 35.2 Å². The number of esters is 1. The van der Waals surface area contributed by atoms with Crippen molar-refractivity contribution in [3.63, 3.8) is 0 Å². The average molecular weight is 477 g/mol. The maximum Gasteiger partial charge on any atom is 0.338 e. The molecule has 1 aromatic heterocycles. The van der Waals surface area contributed by atoms with E-state index >= 15 is 0 Å². The fraction of sp³-hybridized carbons (Fsp3) is 0.500. The number of hydrogen-bond acceptors (Lipinski definition) is 6. The minimum atomic E-state index is -3.70. The number of carbonyl (C=O) groups excluding carboxylic acids is 2. The summed E-state index contributed by atoms with van der Waals surface area (Å²) in [6.07, 6.45) is 2.19. The van der Waals surface area contributed by atoms with E-state index in [2.05, 4.69) is 4.57 Å². The van der Waals surface area contributed by atoms with Gasteiger partial charge in [-0.3, -0.25) is 4.79 Å². The third-order valence-corrected chi connectivity index (χ3v) is 8.08. The van der Waals surface area contributed by atoms with E-state index in [0.717, 1.165) is 30.8 Å². The summed E-state index contributed by atoms with van der Waals surface area (Å²) in [5.74, 6) is -1.05. The summed E-state index contributed by atoms with van der Waals surface area (Å²) in [7, 11) is -3.70. The summed E-state index contributed by atoms with van der Waals surface area (Å²) < 4.78 is 39.8. The molecule has 1 atom stereocenters. The molecule has 180 valence electrons. The Labute approximate surface area is 195 Å². The van der Waals surface area contributed by atoms with Gasteiger partial charge in [-0.15, -0.1) is 0 Å². The van der Waals surface area contributed by atoms with E-state index in [9.17, 15) is 18.0 Å². The van der Waals surface area contributed by atoms with Crippen LogP contribution in [0.4, 0.5) is 0 Å². The van der Waals surface area contributed by atoms with Crippen molar-refractivity contribution in [2.75, 3.05) is 26.3 Å². The van der Waals surface area contributed by atoms with Crippen molar-refractivity contribution >= 4 is 21.8 Å². The van der Waals surface area contributed by atoms with Gasteiger partial charge in [-0.25, -0.2) is 13.2 Å². The summed E-state index contributed by atoms with van der Waals surface area (Å²) >= 11 is 0. The second-order valence-corrected chi connectivity index (χ2v) is 10.1. The van der Waals surface area contributed by atoms with Gasteiger partial charge in [-0.05, 0) is 51.0 Å². The van der Waals surface area contributed by atoms with Crippen molar-refractivity contribution in [1.82, 2.24) is 8.87 Å². The predicted molar refractivity (Wildman–Crippen MR) is 124 cm³/mol. The fourth-order valence-electron chi connectivity index (χ4n) is 4.14. The normalized spacial score (nSPS) is 16.3. The molecule has 1 fully saturated rings. The second-order valence-electron chi connectivity index (χ2n) is 8.15. The number of Topliss-reactive ketones (excluding diaryl/α,β-unsaturated/α-hetero) is 1. The van der Waals surface area contributed by atoms with Crippen LogP contribution >= 0.6 is 0 Å². The lowest BCUT2D eigenvalue weighted by Crippen LogP contribution is -2.30. The van der Waals surface area contributed by atoms with Crippen LogP contribution in [0.1, 0.15) is 58.8 Å². The van der Waals surface area contributed by atoms with E-state index in [1.165, 1.54) is 28.6 Å². The van der Waals surface area contributed by atoms with Crippen LogP contribution < -0.4 is 0 Å². The van der Waals surface area contributed by atoms with E-state index in [0.29, 0.717) is 25.2 Å². The minimum absolute atomic E-state index is 0.0182. The zero-order valence-electron chi connectivity index (χ0n) is 19.7. The number of hydrogen-bond donors (Lipinski definition) is 0. The van der Waals surface area contributed by atoms with Crippen LogP contribution in [0.5, 0.6) is 0 Å². The smallest absolute Gasteiger partial charge is 0.338 e. The molecule has 0 bridgehead atoms. The van der Waals surface area contributed by atoms with E-state index in [4.69, 9.17) is 9.47 Å². The zero-order chi connectivity index (χ0) is 24.2. The molecule has 0 N–H and O–H groups in total. The lowest BCUT2D eigenvalue weighted by molar-refractivity contribution is 0.0474. The number of nitrogens with zero attached hydrogens (tertiary/aromatic N) is 2. The van der Waals surface area contributed by atoms with Gasteiger partial charge in [-0.1, -0.05) is 19.9 Å². The third kappa shape index (κ3) is 5.54. The van der Waals surface area contributed by atoms with Crippen LogP contribution in [0, 0.1) is 13.8 Å². The molecule has 1 aromatic carbocycles. The number of aromatic nitrogens is 1. The standard InChI is InChI=1S/C24H32N2O6S/c1-5-25(6-2)33(29,30)21-11-7-9-19(14-21)24(28)32-16-23(27)22-13-17(3)26(18(22)4)15-20-10-8-12-31-20/h7,9,11,13-14,20H,5-6,8,10,12,15-16H2,1-4H3. The number of carbonyl (C=O) groups is 2. The highest BCUT2D eigenvalue weighted by Gasteiger charge is 2.24. The predicted octanol–water partition coefficient (Wildman–Crippen LogP) is 3.35. The van der Waals surface area contributed by atoms with E-state index < -0.39 is 22.6 Å². The van der Waals surface area contributed by atoms with Crippen molar-refractivity contribution in [1.29, 1.82) is 0 Å². The molecule has 3 rings (SSSR count). The Morgan fingerprint density at radius 3 is 2.55 bits per heavy atom. The first-order valence-electron chi connectivity index (χ1n) is 11.3. The Morgan fingerprint density at radius 1 is 1.18 bits per heavy atom. The van der Waals surface area contributed by atoms with Crippen LogP contribution in [-0.2, 0) is 26.0 Å². The molecule has 2 heterocycles. The Bertz CT molecular complexity index is 1110. The van der Waals surface area contributed by atoms with E-state index in [-0.39, 0.29) is 22.3 Å². The molecule has 8 nitrogen and oxygen atoms in total. The summed E-state index contributed by atoms with van der Waals surface area (Å²) in [5.41, 5.74) is 2.36. The summed E-state index contributed by atoms with van der Waals surface area (Å²) in [4.78, 5) is 25.3. The molecule has 1 unspecified atom stereocenters. The summed E-state index contributed by atoms with van der Waals surface area (Å²) in [6.45, 7) is 9.01. The van der Waals surface area contributed by atoms with Gasteiger partial charge in [0.1, 0.15) is 0 Å². The van der Waals surface area contributed by atoms with Crippen molar-refractivity contribution in [3.8, 4) is 0 Å². The van der Waals surface area contributed by atoms with Gasteiger partial charge in [0.25, 0.3) is 0 Å². The first-order chi connectivity index (χ1) is 15.7. The molecule has 33 heavy (non-hydrogen) atoms. The van der Waals surface area contributed by atoms with Crippen molar-refractivity contribution in [2.45, 2.75) is 58.1 Å². The average Bonchev–Trinajstić information content (AvgIpc) is 3.42. The van der Waals surface area contributed by atoms with Gasteiger partial charge in [0.2, 0.25) is 15.8 Å².